The lowest BCUT2D eigenvalue weighted by Gasteiger charge is -2.09. The number of unbranched alkanes of at least 4 members (excludes halogenated alkanes) is 3. The van der Waals surface area contributed by atoms with E-state index in [9.17, 15) is 91.1 Å². The molecule has 0 spiro atoms. The van der Waals surface area contributed by atoms with Crippen molar-refractivity contribution in [2.75, 3.05) is 125 Å². The number of anilines is 11. The van der Waals surface area contributed by atoms with E-state index in [1.807, 2.05) is 14.1 Å². The minimum Gasteiger partial charge on any atom is -0.437 e. The summed E-state index contributed by atoms with van der Waals surface area (Å²) in [7, 11) is 18.1. The third-order valence-electron chi connectivity index (χ3n) is 22.2. The molecule has 0 bridgehead atoms. The minimum absolute atomic E-state index is 0.00168. The second-order valence-corrected chi connectivity index (χ2v) is 34.6. The van der Waals surface area contributed by atoms with E-state index in [4.69, 9.17) is 5.21 Å². The van der Waals surface area contributed by atoms with Gasteiger partial charge in [-0.15, -0.1) is 0 Å². The first-order valence-corrected chi connectivity index (χ1v) is 46.7. The van der Waals surface area contributed by atoms with E-state index in [1.165, 1.54) is 165 Å². The molecule has 11 aromatic rings. The molecule has 0 aliphatic heterocycles. The smallest absolute Gasteiger partial charge is 0.292 e. The van der Waals surface area contributed by atoms with Crippen molar-refractivity contribution in [3.05, 3.63) is 180 Å². The highest BCUT2D eigenvalue weighted by Crippen LogP contribution is 2.25. The number of quaternary nitrogens is 1. The largest absolute Gasteiger partial charge is 0.437 e. The molecule has 10 aromatic heterocycles. The Balaban J connectivity index is 0.522. The van der Waals surface area contributed by atoms with Crippen LogP contribution in [0, 0.1) is 0 Å². The molecule has 0 unspecified atom stereocenters. The maximum atomic E-state index is 13.6. The van der Waals surface area contributed by atoms with E-state index in [0.717, 1.165) is 32.0 Å². The lowest BCUT2D eigenvalue weighted by Crippen LogP contribution is -3.05. The zero-order valence-corrected chi connectivity index (χ0v) is 82.9. The number of hydrogen-bond acceptors (Lipinski definition) is 25. The van der Waals surface area contributed by atoms with Crippen molar-refractivity contribution in [3.8, 4) is 0 Å². The zero-order valence-electron chi connectivity index (χ0n) is 82.9. The molecule has 21 N–H and O–H groups in total. The Morgan fingerprint density at radius 1 is 0.264 bits per heavy atom. The van der Waals surface area contributed by atoms with Gasteiger partial charge in [0.15, 0.2) is 23.3 Å². The van der Waals surface area contributed by atoms with E-state index < -0.39 is 100 Å². The summed E-state index contributed by atoms with van der Waals surface area (Å²) < 4.78 is 12.8. The van der Waals surface area contributed by atoms with Crippen molar-refractivity contribution >= 4 is 175 Å². The molecule has 0 atom stereocenters. The molecule has 1 aromatic carbocycles. The fourth-order valence-corrected chi connectivity index (χ4v) is 14.8. The zero-order chi connectivity index (χ0) is 107. The Hall–Kier alpha value is -18.5. The van der Waals surface area contributed by atoms with Crippen molar-refractivity contribution in [1.82, 2.24) is 114 Å². The molecule has 0 saturated carbocycles. The number of hydrogen-bond donors (Lipinski definition) is 21. The van der Waals surface area contributed by atoms with Gasteiger partial charge in [-0.3, -0.25) is 96.3 Å². The molecule has 0 radical (unpaired) electrons. The summed E-state index contributed by atoms with van der Waals surface area (Å²) in [4.78, 5) is 272. The molecule has 11 rings (SSSR count). The lowest BCUT2D eigenvalue weighted by molar-refractivity contribution is -0.858. The van der Waals surface area contributed by atoms with Crippen molar-refractivity contribution in [2.24, 2.45) is 63.4 Å². The second-order valence-electron chi connectivity index (χ2n) is 34.6. The average molecular weight is 2050 g/mol. The van der Waals surface area contributed by atoms with Crippen LogP contribution in [0.2, 0.25) is 0 Å². The minimum atomic E-state index is -0.777. The Morgan fingerprint density at radius 3 is 0.953 bits per heavy atom. The standard InChI is InChI=1S/C93H117N35O20/c1-119(2)37-17-31-94-70(129)26-34-98-85(139)62-40-58(47-122(62)5)106-92(146)81-116-69(52-128(81)11)117-93(147)82-115-68(51-127(82)10)111-76(135)29-36-100-87(141)63-41-57(46-123(63)6)105-90(144)79-113-66(49-125(79)8)109-73(132)20-16-30-96-84(138)60-39-56(45-121(60)4)104-89(143)78-101-43-65(112-78)108-74(133)28-35-99-86(140)61-38-55(44-120(61)3)103-88(142)64-42-59(48-124(64)7)107-91(145)80-114-67(50-126(80)9)110-75(134)27-32-95-71(130)25-33-97-83(137)53-21-23-54(24-22-53)102-72(131)18-14-12-13-15-19-77(136)118-148/h21-24,38-52H,12-20,25-37H2,1-11H3,(H21,94,95,96,97,98,99,100,101,102,103,104,105,106,107,108,109,110,111,112,113,114,115,116,117,118,129,130,131,132,133,134,135,136,137,138,139,140,141,142,143,144,145,146,147,148). The van der Waals surface area contributed by atoms with E-state index in [2.05, 4.69) is 126 Å². The number of nitrogens with one attached hydrogen (secondary N) is 20. The number of amides is 19. The number of imidazole rings is 5. The van der Waals surface area contributed by atoms with E-state index in [0.29, 0.717) is 30.6 Å². The van der Waals surface area contributed by atoms with Crippen LogP contribution in [0.3, 0.4) is 0 Å². The third-order valence-corrected chi connectivity index (χ3v) is 22.2. The van der Waals surface area contributed by atoms with Crippen LogP contribution in [0.5, 0.6) is 0 Å². The van der Waals surface area contributed by atoms with Gasteiger partial charge in [-0.25, -0.2) is 25.4 Å². The van der Waals surface area contributed by atoms with Gasteiger partial charge in [-0.05, 0) is 73.9 Å². The fraction of sp³-hybridized carbons (Fsp3) is 0.355. The predicted molar refractivity (Wildman–Crippen MR) is 535 cm³/mol. The van der Waals surface area contributed by atoms with E-state index in [-0.39, 0.29) is 224 Å². The Bertz CT molecular complexity index is 6800. The highest BCUT2D eigenvalue weighted by Gasteiger charge is 2.28. The van der Waals surface area contributed by atoms with Gasteiger partial charge in [-0.2, -0.15) is 0 Å². The average Bonchev–Trinajstić information content (AvgIpc) is 1.67. The number of carbonyl (C=O) groups is 19. The van der Waals surface area contributed by atoms with Gasteiger partial charge in [0, 0.05) is 246 Å². The molecule has 0 aliphatic rings. The number of carbonyl (C=O) groups excluding carboxylic acids is 19. The number of aryl methyl sites for hydroxylation is 9. The van der Waals surface area contributed by atoms with Crippen LogP contribution >= 0.6 is 0 Å². The first-order valence-electron chi connectivity index (χ1n) is 46.7. The van der Waals surface area contributed by atoms with Gasteiger partial charge in [0.1, 0.15) is 28.5 Å². The van der Waals surface area contributed by atoms with Crippen molar-refractivity contribution in [3.63, 3.8) is 0 Å². The summed E-state index contributed by atoms with van der Waals surface area (Å²) in [5.74, 6) is -10.8. The van der Waals surface area contributed by atoms with E-state index >= 15 is 0 Å². The number of nitrogens with zero attached hydrogens (tertiary/aromatic N) is 15. The van der Waals surface area contributed by atoms with Gasteiger partial charge >= 0.3 is 0 Å². The monoisotopic (exact) mass is 2040 g/mol. The molecule has 19 amide bonds. The normalized spacial score (nSPS) is 10.9. The van der Waals surface area contributed by atoms with Gasteiger partial charge in [-0.1, -0.05) is 19.0 Å². The molecule has 0 fully saturated rings. The molecule has 10 heterocycles. The number of aromatic nitrogens is 15. The first kappa shape index (κ1) is 110. The van der Waals surface area contributed by atoms with Crippen LogP contribution in [-0.2, 0) is 102 Å². The number of benzene rings is 1. The molecular formula is C93H117N35O20. The molecule has 148 heavy (non-hydrogen) atoms. The van der Waals surface area contributed by atoms with Crippen LogP contribution in [-0.4, -0.2) is 250 Å². The highest BCUT2D eigenvalue weighted by molar-refractivity contribution is 6.10. The van der Waals surface area contributed by atoms with Crippen molar-refractivity contribution in [1.29, 1.82) is 0 Å². The summed E-state index contributed by atoms with van der Waals surface area (Å²) in [6.07, 6.45) is 17.7. The Labute approximate surface area is 844 Å². The Morgan fingerprint density at radius 2 is 0.561 bits per heavy atom. The van der Waals surface area contributed by atoms with Gasteiger partial charge in [0.25, 0.3) is 59.1 Å². The van der Waals surface area contributed by atoms with Crippen molar-refractivity contribution < 1.29 is 101 Å². The first-order chi connectivity index (χ1) is 70.6. The quantitative estimate of drug-likeness (QED) is 0.0141. The van der Waals surface area contributed by atoms with Crippen LogP contribution < -0.4 is 111 Å². The van der Waals surface area contributed by atoms with Crippen molar-refractivity contribution in [2.45, 2.75) is 89.9 Å². The van der Waals surface area contributed by atoms with Crippen LogP contribution in [0.4, 0.5) is 63.2 Å². The number of hydroxylamine groups is 1. The lowest BCUT2D eigenvalue weighted by atomic mass is 10.1. The maximum Gasteiger partial charge on any atom is 0.292 e. The van der Waals surface area contributed by atoms with Gasteiger partial charge in [0.05, 0.1) is 49.1 Å². The summed E-state index contributed by atoms with van der Waals surface area (Å²) >= 11 is 0. The Kier molecular flexibility index (Phi) is 38.6. The highest BCUT2D eigenvalue weighted by atomic mass is 16.5. The maximum absolute atomic E-state index is 13.6. The SMILES string of the molecule is Cn1cc(NC(=O)c2nc(NC(=O)CCNC(=O)c3cc(NC(=O)c4cc(NC(=O)c5nc(NC(=O)CCNC(=O)CCNC(=O)c6ccc(NC(=O)CCCCCCC(=O)NO)cc6)cn5C)cn4C)cn3C)c[n-]2)cc1C(=O)NCCCC(=O)Nc1cn(C)c(C(=O)Nc2cc(C(=O)NCCC(=O)Nc3cn(C)c(C(=O)Nc4cn(C)c(C(=O)Nc5cc(C(=O)NCCC(=O)NCCC[NH+](C)C)n(C)c5)n4)n3)n(C)c2)n1. The predicted octanol–water partition coefficient (Wildman–Crippen LogP) is 0.665. The molecule has 0 saturated heterocycles. The fourth-order valence-electron chi connectivity index (χ4n) is 14.8. The summed E-state index contributed by atoms with van der Waals surface area (Å²) in [5.41, 5.74) is 4.25. The third kappa shape index (κ3) is 32.3. The number of rotatable bonds is 52. The van der Waals surface area contributed by atoms with Gasteiger partial charge in [0.2, 0.25) is 76.5 Å². The van der Waals surface area contributed by atoms with Crippen LogP contribution in [0.15, 0.2) is 117 Å². The second kappa shape index (κ2) is 52.0. The summed E-state index contributed by atoms with van der Waals surface area (Å²) in [5, 5.41) is 56.5. The molecule has 55 nitrogen and oxygen atoms in total. The topological polar surface area (TPSA) is 700 Å². The molecule has 55 heteroatoms. The summed E-state index contributed by atoms with van der Waals surface area (Å²) in [6.45, 7) is 1.28. The van der Waals surface area contributed by atoms with E-state index in [1.54, 1.807) is 59.9 Å². The molecular weight excluding hydrogens is 1930 g/mol. The van der Waals surface area contributed by atoms with Crippen LogP contribution in [0.1, 0.15) is 206 Å². The molecule has 0 aliphatic carbocycles. The van der Waals surface area contributed by atoms with Gasteiger partial charge < -0.3 is 152 Å². The summed E-state index contributed by atoms with van der Waals surface area (Å²) in [6, 6.07) is 13.3. The molecule has 784 valence electrons. The van der Waals surface area contributed by atoms with Crippen LogP contribution in [0.25, 0.3) is 0 Å².